The fourth-order valence-corrected chi connectivity index (χ4v) is 4.08. The van der Waals surface area contributed by atoms with E-state index in [4.69, 9.17) is 11.0 Å². The molecule has 6 heteroatoms. The normalized spacial score (nSPS) is 23.2. The molecule has 0 saturated carbocycles. The van der Waals surface area contributed by atoms with E-state index in [2.05, 4.69) is 0 Å². The third-order valence-corrected chi connectivity index (χ3v) is 5.72. The summed E-state index contributed by atoms with van der Waals surface area (Å²) in [5.74, 6) is 0. The average molecular weight is 293 g/mol. The van der Waals surface area contributed by atoms with Crippen LogP contribution in [0.1, 0.15) is 25.8 Å². The zero-order valence-electron chi connectivity index (χ0n) is 11.7. The van der Waals surface area contributed by atoms with Crippen molar-refractivity contribution < 1.29 is 8.42 Å². The molecule has 1 aromatic rings. The number of piperidine rings is 1. The van der Waals surface area contributed by atoms with Gasteiger partial charge in [-0.3, -0.25) is 0 Å². The fraction of sp³-hybridized carbons (Fsp3) is 0.500. The van der Waals surface area contributed by atoms with Gasteiger partial charge in [0.15, 0.2) is 0 Å². The SMILES string of the molecule is CC1(C)CN(S(=O)(=O)c2cccc(C#N)c2)CCC1N. The summed E-state index contributed by atoms with van der Waals surface area (Å²) < 4.78 is 26.7. The Morgan fingerprint density at radius 1 is 1.45 bits per heavy atom. The molecule has 0 amide bonds. The summed E-state index contributed by atoms with van der Waals surface area (Å²) in [6.07, 6.45) is 0.643. The predicted molar refractivity (Wildman–Crippen MR) is 76.3 cm³/mol. The third-order valence-electron chi connectivity index (χ3n) is 3.88. The van der Waals surface area contributed by atoms with Crippen molar-refractivity contribution in [3.8, 4) is 6.07 Å². The molecule has 1 unspecified atom stereocenters. The summed E-state index contributed by atoms with van der Waals surface area (Å²) >= 11 is 0. The van der Waals surface area contributed by atoms with Gasteiger partial charge < -0.3 is 5.73 Å². The van der Waals surface area contributed by atoms with E-state index in [0.29, 0.717) is 25.1 Å². The van der Waals surface area contributed by atoms with Crippen molar-refractivity contribution in [3.05, 3.63) is 29.8 Å². The number of benzene rings is 1. The lowest BCUT2D eigenvalue weighted by Crippen LogP contribution is -2.53. The molecule has 0 bridgehead atoms. The van der Waals surface area contributed by atoms with Crippen LogP contribution in [-0.4, -0.2) is 31.9 Å². The molecule has 1 fully saturated rings. The standard InChI is InChI=1S/C14H19N3O2S/c1-14(2)10-17(7-6-13(14)16)20(18,19)12-5-3-4-11(8-12)9-15/h3-5,8,13H,6-7,10,16H2,1-2H3. The molecule has 1 aliphatic rings. The Hall–Kier alpha value is -1.42. The first-order chi connectivity index (χ1) is 9.27. The molecule has 1 saturated heterocycles. The summed E-state index contributed by atoms with van der Waals surface area (Å²) in [6.45, 7) is 4.77. The zero-order chi connectivity index (χ0) is 15.0. The van der Waals surface area contributed by atoms with Crippen LogP contribution in [0.5, 0.6) is 0 Å². The summed E-state index contributed by atoms with van der Waals surface area (Å²) in [7, 11) is -3.56. The molecule has 5 nitrogen and oxygen atoms in total. The highest BCUT2D eigenvalue weighted by atomic mass is 32.2. The number of nitrogens with zero attached hydrogens (tertiary/aromatic N) is 2. The van der Waals surface area contributed by atoms with Crippen LogP contribution >= 0.6 is 0 Å². The molecular weight excluding hydrogens is 274 g/mol. The number of rotatable bonds is 2. The number of hydrogen-bond donors (Lipinski definition) is 1. The highest BCUT2D eigenvalue weighted by Gasteiger charge is 2.38. The Bertz CT molecular complexity index is 647. The largest absolute Gasteiger partial charge is 0.327 e. The highest BCUT2D eigenvalue weighted by Crippen LogP contribution is 2.31. The van der Waals surface area contributed by atoms with Gasteiger partial charge >= 0.3 is 0 Å². The molecule has 0 spiro atoms. The van der Waals surface area contributed by atoms with Crippen LogP contribution in [-0.2, 0) is 10.0 Å². The van der Waals surface area contributed by atoms with Gasteiger partial charge in [0.05, 0.1) is 16.5 Å². The molecule has 0 radical (unpaired) electrons. The Morgan fingerprint density at radius 3 is 2.75 bits per heavy atom. The van der Waals surface area contributed by atoms with Crippen molar-refractivity contribution in [2.45, 2.75) is 31.2 Å². The molecule has 0 aromatic heterocycles. The van der Waals surface area contributed by atoms with E-state index >= 15 is 0 Å². The number of hydrogen-bond acceptors (Lipinski definition) is 4. The molecule has 1 heterocycles. The lowest BCUT2D eigenvalue weighted by atomic mass is 9.81. The van der Waals surface area contributed by atoms with Crippen LogP contribution in [0.4, 0.5) is 0 Å². The van der Waals surface area contributed by atoms with Gasteiger partial charge in [-0.25, -0.2) is 8.42 Å². The molecule has 20 heavy (non-hydrogen) atoms. The molecule has 1 atom stereocenters. The predicted octanol–water partition coefficient (Wildman–Crippen LogP) is 1.31. The number of sulfonamides is 1. The second kappa shape index (κ2) is 5.17. The highest BCUT2D eigenvalue weighted by molar-refractivity contribution is 7.89. The maximum Gasteiger partial charge on any atom is 0.243 e. The molecule has 2 N–H and O–H groups in total. The van der Waals surface area contributed by atoms with E-state index in [0.717, 1.165) is 0 Å². The van der Waals surface area contributed by atoms with E-state index in [9.17, 15) is 8.42 Å². The number of nitriles is 1. The second-order valence-corrected chi connectivity index (χ2v) is 7.80. The smallest absolute Gasteiger partial charge is 0.243 e. The average Bonchev–Trinajstić information content (AvgIpc) is 2.41. The maximum absolute atomic E-state index is 12.6. The summed E-state index contributed by atoms with van der Waals surface area (Å²) in [4.78, 5) is 0.169. The van der Waals surface area contributed by atoms with Gasteiger partial charge in [0.1, 0.15) is 0 Å². The first kappa shape index (κ1) is 15.0. The van der Waals surface area contributed by atoms with E-state index in [1.165, 1.54) is 16.4 Å². The Kier molecular flexibility index (Phi) is 3.87. The Morgan fingerprint density at radius 2 is 2.15 bits per heavy atom. The summed E-state index contributed by atoms with van der Waals surface area (Å²) in [6, 6.07) is 8.08. The molecule has 2 rings (SSSR count). The van der Waals surface area contributed by atoms with Crippen LogP contribution in [0.3, 0.4) is 0 Å². The van der Waals surface area contributed by atoms with Crippen molar-refractivity contribution in [1.82, 2.24) is 4.31 Å². The van der Waals surface area contributed by atoms with E-state index < -0.39 is 10.0 Å². The van der Waals surface area contributed by atoms with Crippen molar-refractivity contribution in [1.29, 1.82) is 5.26 Å². The minimum Gasteiger partial charge on any atom is -0.327 e. The van der Waals surface area contributed by atoms with Crippen molar-refractivity contribution in [3.63, 3.8) is 0 Å². The first-order valence-electron chi connectivity index (χ1n) is 6.53. The third kappa shape index (κ3) is 2.70. The van der Waals surface area contributed by atoms with Crippen molar-refractivity contribution in [2.24, 2.45) is 11.1 Å². The van der Waals surface area contributed by atoms with Gasteiger partial charge in [0, 0.05) is 19.1 Å². The van der Waals surface area contributed by atoms with E-state index in [1.807, 2.05) is 19.9 Å². The van der Waals surface area contributed by atoms with E-state index in [-0.39, 0.29) is 16.4 Å². The van der Waals surface area contributed by atoms with Gasteiger partial charge in [-0.05, 0) is 30.0 Å². The number of nitrogens with two attached hydrogens (primary N) is 1. The second-order valence-electron chi connectivity index (χ2n) is 5.86. The van der Waals surface area contributed by atoms with Gasteiger partial charge in [0.2, 0.25) is 10.0 Å². The lowest BCUT2D eigenvalue weighted by Gasteiger charge is -2.41. The summed E-state index contributed by atoms with van der Waals surface area (Å²) in [5, 5.41) is 8.88. The van der Waals surface area contributed by atoms with Crippen molar-refractivity contribution >= 4 is 10.0 Å². The van der Waals surface area contributed by atoms with Crippen LogP contribution in [0.15, 0.2) is 29.2 Å². The summed E-state index contributed by atoms with van der Waals surface area (Å²) in [5.41, 5.74) is 6.13. The quantitative estimate of drug-likeness (QED) is 0.890. The zero-order valence-corrected chi connectivity index (χ0v) is 12.5. The minimum atomic E-state index is -3.56. The molecular formula is C14H19N3O2S. The molecule has 0 aliphatic carbocycles. The molecule has 1 aromatic carbocycles. The van der Waals surface area contributed by atoms with Gasteiger partial charge in [-0.1, -0.05) is 19.9 Å². The fourth-order valence-electron chi connectivity index (χ4n) is 2.40. The van der Waals surface area contributed by atoms with Crippen LogP contribution in [0.25, 0.3) is 0 Å². The van der Waals surface area contributed by atoms with Gasteiger partial charge in [-0.2, -0.15) is 9.57 Å². The van der Waals surface area contributed by atoms with Gasteiger partial charge in [0.25, 0.3) is 0 Å². The van der Waals surface area contributed by atoms with Crippen LogP contribution in [0, 0.1) is 16.7 Å². The molecule has 108 valence electrons. The Balaban J connectivity index is 2.34. The lowest BCUT2D eigenvalue weighted by molar-refractivity contribution is 0.155. The first-order valence-corrected chi connectivity index (χ1v) is 7.97. The van der Waals surface area contributed by atoms with Crippen LogP contribution in [0.2, 0.25) is 0 Å². The van der Waals surface area contributed by atoms with E-state index in [1.54, 1.807) is 12.1 Å². The topological polar surface area (TPSA) is 87.2 Å². The maximum atomic E-state index is 12.6. The molecule has 1 aliphatic heterocycles. The monoisotopic (exact) mass is 293 g/mol. The minimum absolute atomic E-state index is 0.000562. The van der Waals surface area contributed by atoms with Crippen molar-refractivity contribution in [2.75, 3.05) is 13.1 Å². The van der Waals surface area contributed by atoms with Crippen LogP contribution < -0.4 is 5.73 Å². The Labute approximate surface area is 120 Å². The van der Waals surface area contributed by atoms with Gasteiger partial charge in [-0.15, -0.1) is 0 Å².